The van der Waals surface area contributed by atoms with Gasteiger partial charge in [0.2, 0.25) is 10.0 Å². The monoisotopic (exact) mass is 304 g/mol. The van der Waals surface area contributed by atoms with Crippen LogP contribution in [0.3, 0.4) is 0 Å². The van der Waals surface area contributed by atoms with Crippen molar-refractivity contribution < 1.29 is 17.9 Å². The first-order chi connectivity index (χ1) is 9.60. The number of sulfonamides is 1. The number of pyridine rings is 1. The van der Waals surface area contributed by atoms with Gasteiger partial charge in [-0.05, 0) is 18.6 Å². The molecule has 0 bridgehead atoms. The van der Waals surface area contributed by atoms with E-state index in [1.807, 2.05) is 0 Å². The van der Waals surface area contributed by atoms with Crippen LogP contribution >= 0.6 is 0 Å². The minimum atomic E-state index is -3.54. The topological polar surface area (TPSA) is 116 Å². The van der Waals surface area contributed by atoms with Crippen LogP contribution in [-0.2, 0) is 19.5 Å². The van der Waals surface area contributed by atoms with Crippen LogP contribution in [-0.4, -0.2) is 46.9 Å². The number of ether oxygens (including phenoxy) is 2. The number of hydrogen-bond acceptors (Lipinski definition) is 7. The van der Waals surface area contributed by atoms with E-state index in [4.69, 9.17) is 15.3 Å². The lowest BCUT2D eigenvalue weighted by Gasteiger charge is -2.07. The van der Waals surface area contributed by atoms with Crippen LogP contribution in [0.4, 0.5) is 5.82 Å². The third-order valence-electron chi connectivity index (χ3n) is 2.38. The van der Waals surface area contributed by atoms with Crippen LogP contribution in [0.5, 0.6) is 0 Å². The zero-order chi connectivity index (χ0) is 14.8. The summed E-state index contributed by atoms with van der Waals surface area (Å²) in [4.78, 5) is 3.94. The van der Waals surface area contributed by atoms with Gasteiger partial charge in [-0.3, -0.25) is 0 Å². The predicted molar refractivity (Wildman–Crippen MR) is 74.5 cm³/mol. The smallest absolute Gasteiger partial charge is 0.242 e. The molecule has 0 unspecified atom stereocenters. The Morgan fingerprint density at radius 2 is 2.10 bits per heavy atom. The molecule has 0 aromatic carbocycles. The molecule has 0 aliphatic rings. The highest BCUT2D eigenvalue weighted by molar-refractivity contribution is 7.89. The van der Waals surface area contributed by atoms with Crippen molar-refractivity contribution in [3.8, 4) is 0 Å². The van der Waals surface area contributed by atoms with Crippen molar-refractivity contribution in [1.82, 2.24) is 9.71 Å². The minimum Gasteiger partial charge on any atom is -0.382 e. The van der Waals surface area contributed by atoms with Crippen molar-refractivity contribution in [3.05, 3.63) is 18.3 Å². The average Bonchev–Trinajstić information content (AvgIpc) is 2.46. The molecule has 4 N–H and O–H groups in total. The molecular formula is C11H20N4O4S. The zero-order valence-corrected chi connectivity index (χ0v) is 12.1. The summed E-state index contributed by atoms with van der Waals surface area (Å²) in [5, 5.41) is 0. The molecule has 0 spiro atoms. The van der Waals surface area contributed by atoms with Gasteiger partial charge < -0.3 is 14.9 Å². The molecule has 1 aromatic heterocycles. The van der Waals surface area contributed by atoms with Crippen molar-refractivity contribution in [2.45, 2.75) is 11.3 Å². The maximum absolute atomic E-state index is 11.9. The fraction of sp³-hybridized carbons (Fsp3) is 0.545. The first-order valence-corrected chi connectivity index (χ1v) is 7.57. The van der Waals surface area contributed by atoms with Crippen LogP contribution in [0, 0.1) is 0 Å². The molecule has 1 rings (SSSR count). The standard InChI is InChI=1S/C11H20N4O4S/c1-18-7-8-19-6-2-5-14-20(16,17)10-3-4-11(15-12)13-9-10/h3-4,9,14H,2,5-8,12H2,1H3,(H,13,15). The normalized spacial score (nSPS) is 11.5. The van der Waals surface area contributed by atoms with Gasteiger partial charge in [-0.25, -0.2) is 24.0 Å². The summed E-state index contributed by atoms with van der Waals surface area (Å²) in [5.74, 6) is 5.56. The SMILES string of the molecule is COCCOCCCNS(=O)(=O)c1ccc(NN)nc1. The zero-order valence-electron chi connectivity index (χ0n) is 11.3. The highest BCUT2D eigenvalue weighted by atomic mass is 32.2. The van der Waals surface area contributed by atoms with Crippen LogP contribution in [0.25, 0.3) is 0 Å². The summed E-state index contributed by atoms with van der Waals surface area (Å²) in [6.07, 6.45) is 1.82. The maximum Gasteiger partial charge on any atom is 0.242 e. The number of nitrogens with zero attached hydrogens (tertiary/aromatic N) is 1. The Kier molecular flexibility index (Phi) is 7.41. The van der Waals surface area contributed by atoms with Gasteiger partial charge in [0.25, 0.3) is 0 Å². The van der Waals surface area contributed by atoms with Crippen molar-refractivity contribution in [1.29, 1.82) is 0 Å². The number of methoxy groups -OCH3 is 1. The molecule has 1 heterocycles. The quantitative estimate of drug-likeness (QED) is 0.309. The van der Waals surface area contributed by atoms with Crippen LogP contribution < -0.4 is 16.0 Å². The molecule has 0 atom stereocenters. The number of rotatable bonds is 10. The lowest BCUT2D eigenvalue weighted by Crippen LogP contribution is -2.26. The van der Waals surface area contributed by atoms with Gasteiger partial charge in [-0.15, -0.1) is 0 Å². The maximum atomic E-state index is 11.9. The Morgan fingerprint density at radius 3 is 2.70 bits per heavy atom. The number of nitrogen functional groups attached to an aromatic ring is 1. The molecule has 0 aliphatic carbocycles. The summed E-state index contributed by atoms with van der Waals surface area (Å²) in [5.41, 5.74) is 2.33. The largest absolute Gasteiger partial charge is 0.382 e. The molecule has 0 aliphatic heterocycles. The summed E-state index contributed by atoms with van der Waals surface area (Å²) >= 11 is 0. The van der Waals surface area contributed by atoms with Crippen LogP contribution in [0.1, 0.15) is 6.42 Å². The van der Waals surface area contributed by atoms with Gasteiger partial charge in [0.15, 0.2) is 0 Å². The molecule has 8 nitrogen and oxygen atoms in total. The van der Waals surface area contributed by atoms with Crippen LogP contribution in [0.2, 0.25) is 0 Å². The number of hydrogen-bond donors (Lipinski definition) is 3. The summed E-state index contributed by atoms with van der Waals surface area (Å²) in [7, 11) is -1.95. The van der Waals surface area contributed by atoms with Crippen molar-refractivity contribution in [3.63, 3.8) is 0 Å². The van der Waals surface area contributed by atoms with E-state index in [1.54, 1.807) is 7.11 Å². The van der Waals surface area contributed by atoms with E-state index in [1.165, 1.54) is 18.3 Å². The van der Waals surface area contributed by atoms with E-state index in [9.17, 15) is 8.42 Å². The molecule has 1 aromatic rings. The first-order valence-electron chi connectivity index (χ1n) is 6.09. The number of anilines is 1. The van der Waals surface area contributed by atoms with E-state index in [0.717, 1.165) is 0 Å². The number of nitrogens with two attached hydrogens (primary N) is 1. The van der Waals surface area contributed by atoms with Crippen molar-refractivity contribution in [2.24, 2.45) is 5.84 Å². The Labute approximate surface area is 118 Å². The van der Waals surface area contributed by atoms with Crippen molar-refractivity contribution >= 4 is 15.8 Å². The van der Waals surface area contributed by atoms with E-state index in [0.29, 0.717) is 38.6 Å². The fourth-order valence-corrected chi connectivity index (χ4v) is 2.35. The number of hydrazine groups is 1. The first kappa shape index (κ1) is 16.8. The summed E-state index contributed by atoms with van der Waals surface area (Å²) < 4.78 is 36.3. The Morgan fingerprint density at radius 1 is 1.30 bits per heavy atom. The van der Waals surface area contributed by atoms with Crippen LogP contribution in [0.15, 0.2) is 23.2 Å². The third-order valence-corrected chi connectivity index (χ3v) is 3.83. The van der Waals surface area contributed by atoms with Gasteiger partial charge in [0.1, 0.15) is 10.7 Å². The molecule has 114 valence electrons. The van der Waals surface area contributed by atoms with Gasteiger partial charge in [0.05, 0.1) is 13.2 Å². The summed E-state index contributed by atoms with van der Waals surface area (Å²) in [6, 6.07) is 2.92. The Balaban J connectivity index is 2.33. The van der Waals surface area contributed by atoms with Gasteiger partial charge in [-0.2, -0.15) is 0 Å². The molecule has 20 heavy (non-hydrogen) atoms. The predicted octanol–water partition coefficient (Wildman–Crippen LogP) is -0.301. The molecule has 0 saturated carbocycles. The average molecular weight is 304 g/mol. The van der Waals surface area contributed by atoms with Gasteiger partial charge in [0, 0.05) is 26.5 Å². The lowest BCUT2D eigenvalue weighted by atomic mass is 10.5. The van der Waals surface area contributed by atoms with Gasteiger partial charge >= 0.3 is 0 Å². The van der Waals surface area contributed by atoms with E-state index in [-0.39, 0.29) is 4.90 Å². The molecule has 0 saturated heterocycles. The molecule has 0 fully saturated rings. The fourth-order valence-electron chi connectivity index (χ4n) is 1.33. The highest BCUT2D eigenvalue weighted by Gasteiger charge is 2.13. The Hall–Kier alpha value is -1.26. The third kappa shape index (κ3) is 5.80. The molecule has 9 heteroatoms. The molecule has 0 amide bonds. The van der Waals surface area contributed by atoms with E-state index >= 15 is 0 Å². The lowest BCUT2D eigenvalue weighted by molar-refractivity contribution is 0.0699. The molecular weight excluding hydrogens is 284 g/mol. The van der Waals surface area contributed by atoms with E-state index < -0.39 is 10.0 Å². The molecule has 0 radical (unpaired) electrons. The van der Waals surface area contributed by atoms with Crippen molar-refractivity contribution in [2.75, 3.05) is 38.9 Å². The second-order valence-corrected chi connectivity index (χ2v) is 5.65. The number of nitrogens with one attached hydrogen (secondary N) is 2. The second kappa shape index (κ2) is 8.82. The highest BCUT2D eigenvalue weighted by Crippen LogP contribution is 2.09. The van der Waals surface area contributed by atoms with E-state index in [2.05, 4.69) is 15.1 Å². The van der Waals surface area contributed by atoms with Gasteiger partial charge in [-0.1, -0.05) is 0 Å². The number of aromatic nitrogens is 1. The minimum absolute atomic E-state index is 0.0943. The second-order valence-electron chi connectivity index (χ2n) is 3.88. The summed E-state index contributed by atoms with van der Waals surface area (Å²) in [6.45, 7) is 1.80. The Bertz CT molecular complexity index is 478.